The second-order valence-electron chi connectivity index (χ2n) is 16.1. The molecule has 1 aromatic heterocycles. The van der Waals surface area contributed by atoms with Crippen molar-refractivity contribution in [2.45, 2.75) is 131 Å². The van der Waals surface area contributed by atoms with E-state index < -0.39 is 40.4 Å². The van der Waals surface area contributed by atoms with Crippen LogP contribution in [-0.4, -0.2) is 82.8 Å². The molecule has 0 atom stereocenters. The van der Waals surface area contributed by atoms with Crippen molar-refractivity contribution in [3.63, 3.8) is 0 Å². The van der Waals surface area contributed by atoms with Gasteiger partial charge >= 0.3 is 30.1 Å². The van der Waals surface area contributed by atoms with Gasteiger partial charge in [-0.2, -0.15) is 0 Å². The summed E-state index contributed by atoms with van der Waals surface area (Å²) in [5.41, 5.74) is 8.56. The molecule has 324 valence electrons. The molecule has 16 nitrogen and oxygen atoms in total. The zero-order valence-electron chi connectivity index (χ0n) is 34.6. The SMILES string of the molecule is C.C.CC(C)(C)OC(=O)NC1(C(=O)O)CCC1.CNc1cc(C(=O)OC)c(C)cc1N.COC(=O)c1cc2c(cc1C)nc(C1(NC(=O)OC(C)(C)C)CCC1)n2C. The number of amides is 2. The molecule has 0 saturated heterocycles. The van der Waals surface area contributed by atoms with Crippen LogP contribution in [0.15, 0.2) is 24.3 Å². The first-order valence-corrected chi connectivity index (χ1v) is 18.4. The lowest BCUT2D eigenvalue weighted by atomic mass is 9.76. The van der Waals surface area contributed by atoms with Crippen molar-refractivity contribution in [3.05, 3.63) is 52.3 Å². The summed E-state index contributed by atoms with van der Waals surface area (Å²) in [6.45, 7) is 14.4. The molecule has 0 aliphatic heterocycles. The van der Waals surface area contributed by atoms with Crippen molar-refractivity contribution in [2.24, 2.45) is 7.05 Å². The number of nitrogens with one attached hydrogen (secondary N) is 3. The Morgan fingerprint density at radius 2 is 1.24 bits per heavy atom. The Hall–Kier alpha value is -5.54. The maximum atomic E-state index is 12.4. The fourth-order valence-corrected chi connectivity index (χ4v) is 6.23. The Labute approximate surface area is 342 Å². The van der Waals surface area contributed by atoms with Crippen LogP contribution in [0.3, 0.4) is 0 Å². The number of aliphatic carboxylic acids is 1. The smallest absolute Gasteiger partial charge is 0.408 e. The Bertz CT molecular complexity index is 1950. The van der Waals surface area contributed by atoms with Gasteiger partial charge in [0.2, 0.25) is 0 Å². The predicted octanol–water partition coefficient (Wildman–Crippen LogP) is 7.77. The number of methoxy groups -OCH3 is 2. The molecule has 6 N–H and O–H groups in total. The lowest BCUT2D eigenvalue weighted by Crippen LogP contribution is -2.59. The van der Waals surface area contributed by atoms with Crippen LogP contribution < -0.4 is 21.7 Å². The van der Waals surface area contributed by atoms with Gasteiger partial charge in [0.05, 0.1) is 47.8 Å². The monoisotopic (exact) mass is 814 g/mol. The number of benzene rings is 2. The zero-order chi connectivity index (χ0) is 42.4. The number of imidazole rings is 1. The highest BCUT2D eigenvalue weighted by Crippen LogP contribution is 2.42. The third-order valence-corrected chi connectivity index (χ3v) is 9.44. The van der Waals surface area contributed by atoms with Gasteiger partial charge in [-0.05, 0) is 129 Å². The van der Waals surface area contributed by atoms with Gasteiger partial charge < -0.3 is 50.3 Å². The fraction of sp³-hybridized carbons (Fsp3) is 0.571. The molecule has 2 amide bonds. The predicted molar refractivity (Wildman–Crippen MR) is 225 cm³/mol. The topological polar surface area (TPSA) is 222 Å². The Kier molecular flexibility index (Phi) is 17.2. The first-order chi connectivity index (χ1) is 25.9. The summed E-state index contributed by atoms with van der Waals surface area (Å²) in [4.78, 5) is 62.8. The Balaban J connectivity index is 0.000000465. The molecule has 2 fully saturated rings. The number of fused-ring (bicyclic) bond motifs is 1. The second kappa shape index (κ2) is 19.7. The highest BCUT2D eigenvalue weighted by Gasteiger charge is 2.47. The van der Waals surface area contributed by atoms with Crippen molar-refractivity contribution >= 4 is 52.5 Å². The van der Waals surface area contributed by atoms with Gasteiger partial charge in [-0.25, -0.2) is 29.0 Å². The van der Waals surface area contributed by atoms with E-state index in [1.54, 1.807) is 46.0 Å². The van der Waals surface area contributed by atoms with E-state index in [1.165, 1.54) is 14.2 Å². The number of hydrogen-bond donors (Lipinski definition) is 5. The van der Waals surface area contributed by atoms with Crippen LogP contribution in [0.25, 0.3) is 11.0 Å². The van der Waals surface area contributed by atoms with Gasteiger partial charge in [-0.1, -0.05) is 14.9 Å². The van der Waals surface area contributed by atoms with Crippen LogP contribution >= 0.6 is 0 Å². The molecule has 1 heterocycles. The number of carbonyl (C=O) groups excluding carboxylic acids is 4. The second-order valence-corrected chi connectivity index (χ2v) is 16.1. The van der Waals surface area contributed by atoms with Crippen molar-refractivity contribution in [1.29, 1.82) is 0 Å². The lowest BCUT2D eigenvalue weighted by Gasteiger charge is -2.41. The van der Waals surface area contributed by atoms with E-state index in [1.807, 2.05) is 52.3 Å². The standard InChI is InChI=1S/C20H27N3O4.C10H14N2O2.C10H17NO4.2CH4/c1-12-10-14-15(11-13(12)16(24)26-6)23(5)17(21-14)20(8-7-9-20)22-18(25)27-19(2,3)4;1-6-4-8(11)9(12-2)5-7(6)10(13)14-3;1-9(2,3)15-8(14)11-10(7(12)13)5-4-6-10;;/h10-11H,7-9H2,1-6H3,(H,22,25);4-5,12H,11H2,1-3H3;4-6H2,1-3H3,(H,11,14)(H,12,13);2*1H4. The van der Waals surface area contributed by atoms with E-state index >= 15 is 0 Å². The average molecular weight is 815 g/mol. The number of alkyl carbamates (subject to hydrolysis) is 2. The molecule has 58 heavy (non-hydrogen) atoms. The maximum Gasteiger partial charge on any atom is 0.408 e. The number of esters is 2. The van der Waals surface area contributed by atoms with Crippen molar-refractivity contribution in [3.8, 4) is 0 Å². The number of carbonyl (C=O) groups is 5. The summed E-state index contributed by atoms with van der Waals surface area (Å²) < 4.78 is 21.9. The van der Waals surface area contributed by atoms with E-state index in [2.05, 4.69) is 20.7 Å². The molecular weight excluding hydrogens is 748 g/mol. The summed E-state index contributed by atoms with van der Waals surface area (Å²) in [5, 5.41) is 17.3. The zero-order valence-corrected chi connectivity index (χ0v) is 34.6. The minimum Gasteiger partial charge on any atom is -0.480 e. The fourth-order valence-electron chi connectivity index (χ4n) is 6.23. The number of nitrogen functional groups attached to an aromatic ring is 1. The lowest BCUT2D eigenvalue weighted by molar-refractivity contribution is -0.148. The van der Waals surface area contributed by atoms with Gasteiger partial charge in [-0.15, -0.1) is 0 Å². The summed E-state index contributed by atoms with van der Waals surface area (Å²) in [6, 6.07) is 7.12. The van der Waals surface area contributed by atoms with Crippen LogP contribution in [0.2, 0.25) is 0 Å². The van der Waals surface area contributed by atoms with Crippen LogP contribution in [0.5, 0.6) is 0 Å². The van der Waals surface area contributed by atoms with Crippen LogP contribution in [0.4, 0.5) is 21.0 Å². The number of hydrogen-bond acceptors (Lipinski definition) is 12. The molecular formula is C42H66N6O10. The van der Waals surface area contributed by atoms with Crippen LogP contribution in [0, 0.1) is 13.8 Å². The highest BCUT2D eigenvalue weighted by atomic mass is 16.6. The third-order valence-electron chi connectivity index (χ3n) is 9.44. The quantitative estimate of drug-likeness (QED) is 0.0875. The van der Waals surface area contributed by atoms with Crippen LogP contribution in [0.1, 0.15) is 133 Å². The number of carboxylic acid groups (broad SMARTS) is 1. The molecule has 3 aromatic rings. The van der Waals surface area contributed by atoms with Crippen LogP contribution in [-0.2, 0) is 36.3 Å². The molecule has 0 bridgehead atoms. The van der Waals surface area contributed by atoms with E-state index in [-0.39, 0.29) is 26.8 Å². The Morgan fingerprint density at radius 3 is 1.64 bits per heavy atom. The van der Waals surface area contributed by atoms with E-state index in [9.17, 15) is 24.0 Å². The average Bonchev–Trinajstić information content (AvgIpc) is 3.36. The van der Waals surface area contributed by atoms with Gasteiger partial charge in [0, 0.05) is 14.1 Å². The largest absolute Gasteiger partial charge is 0.480 e. The molecule has 0 radical (unpaired) electrons. The number of aromatic nitrogens is 2. The van der Waals surface area contributed by atoms with Crippen molar-refractivity contribution < 1.29 is 48.0 Å². The minimum absolute atomic E-state index is 0. The molecule has 5 rings (SSSR count). The molecule has 2 aliphatic carbocycles. The molecule has 0 unspecified atom stereocenters. The summed E-state index contributed by atoms with van der Waals surface area (Å²) in [5.74, 6) is -0.933. The molecule has 2 saturated carbocycles. The van der Waals surface area contributed by atoms with E-state index in [4.69, 9.17) is 30.0 Å². The van der Waals surface area contributed by atoms with Gasteiger partial charge in [0.25, 0.3) is 0 Å². The molecule has 16 heteroatoms. The highest BCUT2D eigenvalue weighted by molar-refractivity contribution is 5.96. The van der Waals surface area contributed by atoms with Gasteiger partial charge in [0.15, 0.2) is 0 Å². The number of anilines is 2. The number of nitrogens with zero attached hydrogens (tertiary/aromatic N) is 2. The number of rotatable bonds is 7. The van der Waals surface area contributed by atoms with Crippen molar-refractivity contribution in [2.75, 3.05) is 32.3 Å². The maximum absolute atomic E-state index is 12.4. The number of carboxylic acids is 1. The summed E-state index contributed by atoms with van der Waals surface area (Å²) in [7, 11) is 6.38. The third kappa shape index (κ3) is 12.2. The normalized spacial score (nSPS) is 14.6. The number of ether oxygens (including phenoxy) is 4. The number of nitrogens with two attached hydrogens (primary N) is 1. The Morgan fingerprint density at radius 1 is 0.776 bits per heavy atom. The molecule has 2 aliphatic rings. The number of aryl methyl sites for hydroxylation is 3. The first-order valence-electron chi connectivity index (χ1n) is 18.4. The minimum atomic E-state index is -1.09. The molecule has 0 spiro atoms. The summed E-state index contributed by atoms with van der Waals surface area (Å²) in [6.07, 6.45) is 3.26. The summed E-state index contributed by atoms with van der Waals surface area (Å²) >= 11 is 0. The van der Waals surface area contributed by atoms with Gasteiger partial charge in [-0.3, -0.25) is 0 Å². The van der Waals surface area contributed by atoms with Crippen molar-refractivity contribution in [1.82, 2.24) is 20.2 Å². The first kappa shape index (κ1) is 50.5. The van der Waals surface area contributed by atoms with E-state index in [0.29, 0.717) is 29.7 Å². The molecule has 2 aromatic carbocycles. The van der Waals surface area contributed by atoms with Gasteiger partial charge in [0.1, 0.15) is 28.1 Å². The van der Waals surface area contributed by atoms with E-state index in [0.717, 1.165) is 59.4 Å².